The molecule has 2 aromatic rings. The molecule has 0 heterocycles. The van der Waals surface area contributed by atoms with Crippen LogP contribution in [0.5, 0.6) is 5.75 Å². The molecule has 0 saturated heterocycles. The van der Waals surface area contributed by atoms with E-state index in [0.717, 1.165) is 10.6 Å². The van der Waals surface area contributed by atoms with Crippen molar-refractivity contribution in [2.45, 2.75) is 25.9 Å². The average molecular weight is 482 g/mol. The summed E-state index contributed by atoms with van der Waals surface area (Å²) in [6.45, 7) is 1.37. The van der Waals surface area contributed by atoms with Crippen molar-refractivity contribution in [3.8, 4) is 5.75 Å². The highest BCUT2D eigenvalue weighted by Gasteiger charge is 2.31. The van der Waals surface area contributed by atoms with Crippen LogP contribution in [0.4, 0.5) is 5.69 Å². The van der Waals surface area contributed by atoms with Gasteiger partial charge in [0.15, 0.2) is 0 Å². The van der Waals surface area contributed by atoms with Gasteiger partial charge in [0.25, 0.3) is 0 Å². The number of benzene rings is 2. The first kappa shape index (κ1) is 25.5. The molecule has 2 aromatic carbocycles. The number of ether oxygens (including phenoxy) is 1. The van der Waals surface area contributed by atoms with Crippen LogP contribution in [-0.2, 0) is 26.2 Å². The minimum absolute atomic E-state index is 0.0602. The summed E-state index contributed by atoms with van der Waals surface area (Å²) in [6.07, 6.45) is 1.37. The van der Waals surface area contributed by atoms with Crippen LogP contribution in [0.15, 0.2) is 48.5 Å². The van der Waals surface area contributed by atoms with Crippen LogP contribution in [0, 0.1) is 0 Å². The lowest BCUT2D eigenvalue weighted by molar-refractivity contribution is -0.140. The molecule has 0 unspecified atom stereocenters. The molecule has 0 aliphatic carbocycles. The van der Waals surface area contributed by atoms with Crippen molar-refractivity contribution in [2.24, 2.45) is 0 Å². The molecular weight excluding hydrogens is 454 g/mol. The molecule has 2 rings (SSSR count). The molecule has 0 aliphatic rings. The van der Waals surface area contributed by atoms with Crippen molar-refractivity contribution in [3.05, 3.63) is 59.1 Å². The Kier molecular flexibility index (Phi) is 8.91. The molecule has 32 heavy (non-hydrogen) atoms. The average Bonchev–Trinajstić information content (AvgIpc) is 2.77. The van der Waals surface area contributed by atoms with E-state index < -0.39 is 28.5 Å². The van der Waals surface area contributed by atoms with Crippen molar-refractivity contribution in [1.29, 1.82) is 0 Å². The number of hydrogen-bond acceptors (Lipinski definition) is 5. The Labute approximate surface area is 194 Å². The summed E-state index contributed by atoms with van der Waals surface area (Å²) in [5, 5.41) is 3.02. The molecule has 2 amide bonds. The molecule has 0 aliphatic heterocycles. The largest absolute Gasteiger partial charge is 0.497 e. The van der Waals surface area contributed by atoms with Crippen LogP contribution >= 0.6 is 11.6 Å². The van der Waals surface area contributed by atoms with Crippen molar-refractivity contribution < 1.29 is 22.7 Å². The number of nitrogens with zero attached hydrogens (tertiary/aromatic N) is 2. The zero-order valence-corrected chi connectivity index (χ0v) is 20.1. The molecule has 174 valence electrons. The van der Waals surface area contributed by atoms with E-state index in [2.05, 4.69) is 5.32 Å². The maximum absolute atomic E-state index is 13.4. The highest BCUT2D eigenvalue weighted by Crippen LogP contribution is 2.23. The number of nitrogens with one attached hydrogen (secondary N) is 1. The first-order chi connectivity index (χ1) is 15.1. The molecular formula is C22H28ClN3O5S. The van der Waals surface area contributed by atoms with Gasteiger partial charge in [0.1, 0.15) is 18.3 Å². The SMILES string of the molecule is CC[C@@H](C(=O)NC)N(Cc1ccccc1Cl)C(=O)CN(c1ccc(OC)cc1)S(C)(=O)=O. The summed E-state index contributed by atoms with van der Waals surface area (Å²) in [5.41, 5.74) is 0.965. The van der Waals surface area contributed by atoms with Crippen LogP contribution in [0.25, 0.3) is 0 Å². The number of likely N-dealkylation sites (N-methyl/N-ethyl adjacent to an activating group) is 1. The van der Waals surface area contributed by atoms with Gasteiger partial charge in [-0.2, -0.15) is 0 Å². The van der Waals surface area contributed by atoms with E-state index in [-0.39, 0.29) is 12.5 Å². The van der Waals surface area contributed by atoms with Crippen molar-refractivity contribution >= 4 is 39.1 Å². The zero-order chi connectivity index (χ0) is 23.9. The Balaban J connectivity index is 2.42. The maximum atomic E-state index is 13.4. The predicted octanol–water partition coefficient (Wildman–Crippen LogP) is 2.67. The van der Waals surface area contributed by atoms with E-state index in [4.69, 9.17) is 16.3 Å². The third-order valence-corrected chi connectivity index (χ3v) is 6.48. The molecule has 1 atom stereocenters. The fourth-order valence-corrected chi connectivity index (χ4v) is 4.30. The highest BCUT2D eigenvalue weighted by atomic mass is 35.5. The summed E-state index contributed by atoms with van der Waals surface area (Å²) >= 11 is 6.28. The minimum atomic E-state index is -3.79. The standard InChI is InChI=1S/C22H28ClN3O5S/c1-5-20(22(28)24-2)25(14-16-8-6-7-9-19(16)23)21(27)15-26(32(4,29)30)17-10-12-18(31-3)13-11-17/h6-13,20H,5,14-15H2,1-4H3,(H,24,28)/t20-/m0/s1. The van der Waals surface area contributed by atoms with Gasteiger partial charge in [-0.1, -0.05) is 36.7 Å². The zero-order valence-electron chi connectivity index (χ0n) is 18.5. The van der Waals surface area contributed by atoms with E-state index in [1.54, 1.807) is 55.5 Å². The molecule has 0 spiro atoms. The first-order valence-electron chi connectivity index (χ1n) is 9.98. The molecule has 1 N–H and O–H groups in total. The number of amides is 2. The lowest BCUT2D eigenvalue weighted by Crippen LogP contribution is -2.51. The molecule has 0 fully saturated rings. The van der Waals surface area contributed by atoms with E-state index in [9.17, 15) is 18.0 Å². The van der Waals surface area contributed by atoms with Gasteiger partial charge in [-0.3, -0.25) is 13.9 Å². The fourth-order valence-electron chi connectivity index (χ4n) is 3.26. The Morgan fingerprint density at radius 3 is 2.25 bits per heavy atom. The Morgan fingerprint density at radius 2 is 1.75 bits per heavy atom. The molecule has 0 saturated carbocycles. The lowest BCUT2D eigenvalue weighted by atomic mass is 10.1. The Morgan fingerprint density at radius 1 is 1.12 bits per heavy atom. The molecule has 10 heteroatoms. The third-order valence-electron chi connectivity index (χ3n) is 4.97. The second kappa shape index (κ2) is 11.2. The molecule has 0 radical (unpaired) electrons. The van der Waals surface area contributed by atoms with Gasteiger partial charge >= 0.3 is 0 Å². The Hall–Kier alpha value is -2.78. The second-order valence-electron chi connectivity index (χ2n) is 7.12. The van der Waals surface area contributed by atoms with Gasteiger partial charge in [-0.15, -0.1) is 0 Å². The van der Waals surface area contributed by atoms with E-state index in [1.165, 1.54) is 19.1 Å². The van der Waals surface area contributed by atoms with E-state index >= 15 is 0 Å². The quantitative estimate of drug-likeness (QED) is 0.562. The van der Waals surface area contributed by atoms with Gasteiger partial charge in [0, 0.05) is 18.6 Å². The molecule has 0 bridgehead atoms. The maximum Gasteiger partial charge on any atom is 0.244 e. The van der Waals surface area contributed by atoms with Crippen molar-refractivity contribution in [1.82, 2.24) is 10.2 Å². The Bertz CT molecular complexity index is 1040. The monoisotopic (exact) mass is 481 g/mol. The number of carbonyl (C=O) groups is 2. The van der Waals surface area contributed by atoms with Gasteiger partial charge in [-0.05, 0) is 42.3 Å². The minimum Gasteiger partial charge on any atom is -0.497 e. The van der Waals surface area contributed by atoms with Crippen LogP contribution in [0.3, 0.4) is 0 Å². The predicted molar refractivity (Wildman–Crippen MR) is 125 cm³/mol. The van der Waals surface area contributed by atoms with E-state index in [1.807, 2.05) is 0 Å². The number of methoxy groups -OCH3 is 1. The molecule has 8 nitrogen and oxygen atoms in total. The highest BCUT2D eigenvalue weighted by molar-refractivity contribution is 7.92. The summed E-state index contributed by atoms with van der Waals surface area (Å²) in [6, 6.07) is 12.5. The summed E-state index contributed by atoms with van der Waals surface area (Å²) in [4.78, 5) is 27.3. The van der Waals surface area contributed by atoms with Crippen molar-refractivity contribution in [3.63, 3.8) is 0 Å². The lowest BCUT2D eigenvalue weighted by Gasteiger charge is -2.32. The van der Waals surface area contributed by atoms with Crippen molar-refractivity contribution in [2.75, 3.05) is 31.3 Å². The first-order valence-corrected chi connectivity index (χ1v) is 12.2. The summed E-state index contributed by atoms with van der Waals surface area (Å²) in [5.74, 6) is -0.315. The second-order valence-corrected chi connectivity index (χ2v) is 9.43. The number of sulfonamides is 1. The van der Waals surface area contributed by atoms with Crippen LogP contribution in [-0.4, -0.2) is 58.1 Å². The van der Waals surface area contributed by atoms with Gasteiger partial charge in [0.2, 0.25) is 21.8 Å². The smallest absolute Gasteiger partial charge is 0.244 e. The number of halogens is 1. The fraction of sp³-hybridized carbons (Fsp3) is 0.364. The topological polar surface area (TPSA) is 96.0 Å². The van der Waals surface area contributed by atoms with Gasteiger partial charge < -0.3 is 15.0 Å². The number of hydrogen-bond donors (Lipinski definition) is 1. The number of anilines is 1. The number of carbonyl (C=O) groups excluding carboxylic acids is 2. The normalized spacial score (nSPS) is 12.0. The van der Waals surface area contributed by atoms with Gasteiger partial charge in [0.05, 0.1) is 19.1 Å². The van der Waals surface area contributed by atoms with Crippen LogP contribution in [0.1, 0.15) is 18.9 Å². The summed E-state index contributed by atoms with van der Waals surface area (Å²) < 4.78 is 31.1. The van der Waals surface area contributed by atoms with Crippen LogP contribution < -0.4 is 14.4 Å². The number of rotatable bonds is 10. The molecule has 0 aromatic heterocycles. The van der Waals surface area contributed by atoms with E-state index in [0.29, 0.717) is 28.4 Å². The third kappa shape index (κ3) is 6.37. The summed E-state index contributed by atoms with van der Waals surface area (Å²) in [7, 11) is -0.794. The van der Waals surface area contributed by atoms with Crippen LogP contribution in [0.2, 0.25) is 5.02 Å². The van der Waals surface area contributed by atoms with Gasteiger partial charge in [-0.25, -0.2) is 8.42 Å².